The van der Waals surface area contributed by atoms with E-state index >= 15 is 0 Å². The van der Waals surface area contributed by atoms with Crippen LogP contribution in [0.15, 0.2) is 30.6 Å². The van der Waals surface area contributed by atoms with Crippen molar-refractivity contribution in [3.63, 3.8) is 0 Å². The first-order valence-corrected chi connectivity index (χ1v) is 10.1. The lowest BCUT2D eigenvalue weighted by molar-refractivity contribution is -0.140. The standard InChI is InChI=1S/C21H22F5N3.C2H6/c1-20(2,3)11-29-10-12(8-27-4)14-6-17(23)15(7-18(14)29)16-5-13(22)9-28-19(16)21(24,25)26;1-2/h5-7,9-10,27H,8,11H2,1-4H3;1-2H3. The highest BCUT2D eigenvalue weighted by Crippen LogP contribution is 2.39. The number of nitrogens with one attached hydrogen (secondary N) is 1. The molecule has 0 spiro atoms. The molecule has 0 aliphatic rings. The first-order valence-electron chi connectivity index (χ1n) is 10.1. The lowest BCUT2D eigenvalue weighted by Gasteiger charge is -2.20. The SMILES string of the molecule is CC.CNCc1cn(CC(C)(C)C)c2cc(-c3cc(F)cnc3C(F)(F)F)c(F)cc12. The molecule has 0 saturated carbocycles. The van der Waals surface area contributed by atoms with Gasteiger partial charge in [-0.25, -0.2) is 13.8 Å². The number of hydrogen-bond donors (Lipinski definition) is 1. The lowest BCUT2D eigenvalue weighted by atomic mass is 9.96. The molecule has 3 aromatic rings. The molecule has 0 aliphatic carbocycles. The van der Waals surface area contributed by atoms with Gasteiger partial charge in [0.25, 0.3) is 0 Å². The average molecular weight is 441 g/mol. The first-order chi connectivity index (χ1) is 14.4. The summed E-state index contributed by atoms with van der Waals surface area (Å²) in [6.45, 7) is 11.1. The van der Waals surface area contributed by atoms with E-state index in [1.807, 2.05) is 45.4 Å². The molecular weight excluding hydrogens is 413 g/mol. The van der Waals surface area contributed by atoms with Crippen LogP contribution in [0.5, 0.6) is 0 Å². The number of halogens is 5. The van der Waals surface area contributed by atoms with Crippen LogP contribution < -0.4 is 5.32 Å². The van der Waals surface area contributed by atoms with E-state index in [9.17, 15) is 22.0 Å². The normalized spacial score (nSPS) is 12.1. The fourth-order valence-corrected chi connectivity index (χ4v) is 3.43. The number of alkyl halides is 3. The third-order valence-electron chi connectivity index (χ3n) is 4.48. The van der Waals surface area contributed by atoms with Crippen LogP contribution >= 0.6 is 0 Å². The van der Waals surface area contributed by atoms with Gasteiger partial charge in [-0.15, -0.1) is 0 Å². The second-order valence-corrected chi connectivity index (χ2v) is 8.27. The Bertz CT molecular complexity index is 1050. The third kappa shape index (κ3) is 5.61. The van der Waals surface area contributed by atoms with Crippen LogP contribution in [-0.2, 0) is 19.3 Å². The van der Waals surface area contributed by atoms with Gasteiger partial charge >= 0.3 is 6.18 Å². The Morgan fingerprint density at radius 3 is 2.19 bits per heavy atom. The number of nitrogens with zero attached hydrogens (tertiary/aromatic N) is 2. The molecule has 0 amide bonds. The largest absolute Gasteiger partial charge is 0.433 e. The van der Waals surface area contributed by atoms with Gasteiger partial charge < -0.3 is 9.88 Å². The Morgan fingerprint density at radius 2 is 1.65 bits per heavy atom. The fourth-order valence-electron chi connectivity index (χ4n) is 3.43. The minimum atomic E-state index is -4.84. The van der Waals surface area contributed by atoms with Crippen LogP contribution in [0.1, 0.15) is 45.9 Å². The van der Waals surface area contributed by atoms with E-state index in [1.54, 1.807) is 7.05 Å². The molecule has 8 heteroatoms. The van der Waals surface area contributed by atoms with Crippen LogP contribution in [0.4, 0.5) is 22.0 Å². The summed E-state index contributed by atoms with van der Waals surface area (Å²) in [5.41, 5.74) is -0.975. The smallest absolute Gasteiger partial charge is 0.347 e. The van der Waals surface area contributed by atoms with E-state index in [4.69, 9.17) is 0 Å². The number of benzene rings is 1. The van der Waals surface area contributed by atoms with E-state index in [0.717, 1.165) is 5.56 Å². The third-order valence-corrected chi connectivity index (χ3v) is 4.48. The van der Waals surface area contributed by atoms with Gasteiger partial charge in [-0.2, -0.15) is 13.2 Å². The topological polar surface area (TPSA) is 29.9 Å². The summed E-state index contributed by atoms with van der Waals surface area (Å²) in [5.74, 6) is -1.82. The summed E-state index contributed by atoms with van der Waals surface area (Å²) in [4.78, 5) is 3.18. The van der Waals surface area contributed by atoms with Crippen molar-refractivity contribution in [3.05, 3.63) is 53.5 Å². The van der Waals surface area contributed by atoms with Crippen LogP contribution in [0.3, 0.4) is 0 Å². The van der Waals surface area contributed by atoms with Crippen molar-refractivity contribution in [2.45, 2.75) is 53.9 Å². The van der Waals surface area contributed by atoms with Crippen molar-refractivity contribution < 1.29 is 22.0 Å². The number of rotatable bonds is 4. The minimum absolute atomic E-state index is 0.116. The molecular formula is C23H28F5N3. The van der Waals surface area contributed by atoms with Gasteiger partial charge in [0.05, 0.1) is 6.20 Å². The molecule has 3 nitrogen and oxygen atoms in total. The highest BCUT2D eigenvalue weighted by atomic mass is 19.4. The average Bonchev–Trinajstić information content (AvgIpc) is 2.96. The maximum atomic E-state index is 14.9. The maximum Gasteiger partial charge on any atom is 0.433 e. The Balaban J connectivity index is 0.00000166. The highest BCUT2D eigenvalue weighted by Gasteiger charge is 2.36. The van der Waals surface area contributed by atoms with Gasteiger partial charge in [-0.05, 0) is 36.2 Å². The van der Waals surface area contributed by atoms with Crippen molar-refractivity contribution in [1.82, 2.24) is 14.9 Å². The second-order valence-electron chi connectivity index (χ2n) is 8.27. The zero-order valence-corrected chi connectivity index (χ0v) is 18.6. The van der Waals surface area contributed by atoms with Gasteiger partial charge in [-0.3, -0.25) is 0 Å². The Morgan fingerprint density at radius 1 is 1.00 bits per heavy atom. The molecule has 0 atom stereocenters. The van der Waals surface area contributed by atoms with E-state index < -0.39 is 29.1 Å². The van der Waals surface area contributed by atoms with Crippen molar-refractivity contribution >= 4 is 10.9 Å². The van der Waals surface area contributed by atoms with Crippen LogP contribution in [0, 0.1) is 17.0 Å². The molecule has 0 radical (unpaired) electrons. The van der Waals surface area contributed by atoms with Crippen molar-refractivity contribution in [2.75, 3.05) is 7.05 Å². The van der Waals surface area contributed by atoms with Crippen molar-refractivity contribution in [2.24, 2.45) is 5.41 Å². The number of aromatic nitrogens is 2. The van der Waals surface area contributed by atoms with E-state index in [2.05, 4.69) is 10.3 Å². The maximum absolute atomic E-state index is 14.9. The second kappa shape index (κ2) is 9.34. The van der Waals surface area contributed by atoms with E-state index in [1.165, 1.54) is 12.1 Å². The number of hydrogen-bond acceptors (Lipinski definition) is 2. The summed E-state index contributed by atoms with van der Waals surface area (Å²) in [6.07, 6.45) is -2.49. The molecule has 0 fully saturated rings. The van der Waals surface area contributed by atoms with Crippen LogP contribution in [0.2, 0.25) is 0 Å². The van der Waals surface area contributed by atoms with Gasteiger partial charge in [0.15, 0.2) is 5.69 Å². The molecule has 170 valence electrons. The monoisotopic (exact) mass is 441 g/mol. The Hall–Kier alpha value is -2.48. The summed E-state index contributed by atoms with van der Waals surface area (Å²) < 4.78 is 70.7. The van der Waals surface area contributed by atoms with Crippen LogP contribution in [0.25, 0.3) is 22.0 Å². The molecule has 0 aliphatic heterocycles. The summed E-state index contributed by atoms with van der Waals surface area (Å²) >= 11 is 0. The summed E-state index contributed by atoms with van der Waals surface area (Å²) in [5, 5.41) is 3.61. The Labute approximate surface area is 179 Å². The quantitative estimate of drug-likeness (QED) is 0.452. The zero-order valence-electron chi connectivity index (χ0n) is 18.6. The molecule has 2 heterocycles. The predicted molar refractivity (Wildman–Crippen MR) is 114 cm³/mol. The van der Waals surface area contributed by atoms with Crippen molar-refractivity contribution in [3.8, 4) is 11.1 Å². The molecule has 2 aromatic heterocycles. The number of fused-ring (bicyclic) bond motifs is 1. The zero-order chi connectivity index (χ0) is 23.6. The summed E-state index contributed by atoms with van der Waals surface area (Å²) in [7, 11) is 1.76. The molecule has 0 unspecified atom stereocenters. The lowest BCUT2D eigenvalue weighted by Crippen LogP contribution is -2.15. The summed E-state index contributed by atoms with van der Waals surface area (Å²) in [6, 6.07) is 3.23. The molecule has 1 N–H and O–H groups in total. The van der Waals surface area contributed by atoms with E-state index in [-0.39, 0.29) is 11.0 Å². The van der Waals surface area contributed by atoms with Crippen LogP contribution in [-0.4, -0.2) is 16.6 Å². The van der Waals surface area contributed by atoms with Crippen molar-refractivity contribution in [1.29, 1.82) is 0 Å². The van der Waals surface area contributed by atoms with Gasteiger partial charge in [0.1, 0.15) is 11.6 Å². The molecule has 0 bridgehead atoms. The molecule has 3 rings (SSSR count). The van der Waals surface area contributed by atoms with Gasteiger partial charge in [-0.1, -0.05) is 34.6 Å². The minimum Gasteiger partial charge on any atom is -0.347 e. The molecule has 1 aromatic carbocycles. The molecule has 0 saturated heterocycles. The fraction of sp³-hybridized carbons (Fsp3) is 0.435. The predicted octanol–water partition coefficient (Wildman–Crippen LogP) is 6.79. The number of pyridine rings is 1. The van der Waals surface area contributed by atoms with E-state index in [0.29, 0.717) is 36.3 Å². The Kier molecular flexibility index (Phi) is 7.47. The van der Waals surface area contributed by atoms with Gasteiger partial charge in [0, 0.05) is 41.3 Å². The first kappa shape index (κ1) is 24.8. The molecule has 31 heavy (non-hydrogen) atoms. The highest BCUT2D eigenvalue weighted by molar-refractivity contribution is 5.89. The van der Waals surface area contributed by atoms with Gasteiger partial charge in [0.2, 0.25) is 0 Å².